The summed E-state index contributed by atoms with van der Waals surface area (Å²) in [6.07, 6.45) is 2.57. The van der Waals surface area contributed by atoms with Crippen molar-refractivity contribution in [3.05, 3.63) is 102 Å². The molecule has 7 nitrogen and oxygen atoms in total. The summed E-state index contributed by atoms with van der Waals surface area (Å²) in [6.45, 7) is 5.36. The normalized spacial score (nSPS) is 13.9. The van der Waals surface area contributed by atoms with Crippen LogP contribution in [0.3, 0.4) is 0 Å². The Morgan fingerprint density at radius 1 is 0.921 bits per heavy atom. The number of urea groups is 1. The molecule has 8 heteroatoms. The highest BCUT2D eigenvalue weighted by Gasteiger charge is 2.21. The van der Waals surface area contributed by atoms with Crippen LogP contribution in [-0.4, -0.2) is 71.7 Å². The number of morpholine rings is 1. The third kappa shape index (κ3) is 7.04. The third-order valence-electron chi connectivity index (χ3n) is 6.81. The van der Waals surface area contributed by atoms with Gasteiger partial charge in [-0.2, -0.15) is 0 Å². The average molecular weight is 528 g/mol. The van der Waals surface area contributed by atoms with E-state index in [2.05, 4.69) is 68.7 Å². The monoisotopic (exact) mass is 527 g/mol. The predicted molar refractivity (Wildman–Crippen MR) is 153 cm³/mol. The fraction of sp³-hybridized carbons (Fsp3) is 0.300. The van der Waals surface area contributed by atoms with Crippen LogP contribution >= 0.6 is 11.3 Å². The maximum absolute atomic E-state index is 13.5. The quantitative estimate of drug-likeness (QED) is 0.291. The number of carbonyl (C=O) groups excluding carboxylic acids is 1. The minimum atomic E-state index is -0.125. The van der Waals surface area contributed by atoms with Crippen molar-refractivity contribution in [3.8, 4) is 11.4 Å². The summed E-state index contributed by atoms with van der Waals surface area (Å²) in [5.41, 5.74) is 4.07. The first-order valence-corrected chi connectivity index (χ1v) is 14.0. The zero-order chi connectivity index (χ0) is 26.0. The Balaban J connectivity index is 1.30. The van der Waals surface area contributed by atoms with Crippen LogP contribution < -0.4 is 5.32 Å². The summed E-state index contributed by atoms with van der Waals surface area (Å²) in [4.78, 5) is 26.8. The Labute approximate surface area is 228 Å². The number of nitrogens with one attached hydrogen (secondary N) is 1. The highest BCUT2D eigenvalue weighted by molar-refractivity contribution is 7.14. The molecule has 2 aromatic carbocycles. The van der Waals surface area contributed by atoms with E-state index < -0.39 is 0 Å². The Bertz CT molecular complexity index is 1220. The van der Waals surface area contributed by atoms with Gasteiger partial charge in [-0.25, -0.2) is 9.78 Å². The van der Waals surface area contributed by atoms with Gasteiger partial charge in [-0.05, 0) is 29.7 Å². The van der Waals surface area contributed by atoms with Gasteiger partial charge in [-0.3, -0.25) is 15.2 Å². The van der Waals surface area contributed by atoms with E-state index in [9.17, 15) is 4.79 Å². The lowest BCUT2D eigenvalue weighted by molar-refractivity contribution is 0.0351. The summed E-state index contributed by atoms with van der Waals surface area (Å²) >= 11 is 1.42. The first-order chi connectivity index (χ1) is 18.8. The molecular formula is C30H33N5O2S. The summed E-state index contributed by atoms with van der Waals surface area (Å²) in [7, 11) is 0. The van der Waals surface area contributed by atoms with Crippen molar-refractivity contribution in [1.82, 2.24) is 19.8 Å². The molecule has 0 atom stereocenters. The maximum Gasteiger partial charge on any atom is 0.323 e. The second kappa shape index (κ2) is 13.3. The first kappa shape index (κ1) is 26.0. The molecular weight excluding hydrogens is 494 g/mol. The van der Waals surface area contributed by atoms with Crippen LogP contribution in [0.1, 0.15) is 23.5 Å². The number of carbonyl (C=O) groups is 1. The molecule has 0 bridgehead atoms. The fourth-order valence-electron chi connectivity index (χ4n) is 4.72. The van der Waals surface area contributed by atoms with Crippen molar-refractivity contribution < 1.29 is 9.53 Å². The molecule has 0 radical (unpaired) electrons. The van der Waals surface area contributed by atoms with Crippen molar-refractivity contribution in [1.29, 1.82) is 0 Å². The Morgan fingerprint density at radius 2 is 1.61 bits per heavy atom. The number of pyridine rings is 1. The largest absolute Gasteiger partial charge is 0.379 e. The summed E-state index contributed by atoms with van der Waals surface area (Å²) in [5.74, 6) is 0.201. The number of hydrogen-bond acceptors (Lipinski definition) is 6. The Morgan fingerprint density at radius 3 is 2.26 bits per heavy atom. The molecule has 0 aliphatic carbocycles. The van der Waals surface area contributed by atoms with Crippen LogP contribution in [0.2, 0.25) is 0 Å². The van der Waals surface area contributed by atoms with Crippen molar-refractivity contribution in [2.45, 2.75) is 12.3 Å². The molecule has 5 rings (SSSR count). The molecule has 196 valence electrons. The van der Waals surface area contributed by atoms with Gasteiger partial charge in [0.25, 0.3) is 0 Å². The van der Waals surface area contributed by atoms with Gasteiger partial charge < -0.3 is 9.64 Å². The fourth-order valence-corrected chi connectivity index (χ4v) is 5.41. The van der Waals surface area contributed by atoms with Crippen molar-refractivity contribution >= 4 is 22.5 Å². The summed E-state index contributed by atoms with van der Waals surface area (Å²) < 4.78 is 5.50. The molecule has 1 N–H and O–H groups in total. The standard InChI is InChI=1S/C30H33N5O2S/c36-30(33-29-32-28(23-38-29)27-13-7-8-15-31-27)35(18-17-34-19-21-37-22-20-34)16-14-26(24-9-3-1-4-10-24)25-11-5-2-6-12-25/h1-13,15,23,26H,14,16-22H2,(H,32,33,36). The molecule has 2 amide bonds. The van der Waals surface area contributed by atoms with Crippen LogP contribution in [0, 0.1) is 0 Å². The van der Waals surface area contributed by atoms with E-state index in [1.165, 1.54) is 22.5 Å². The molecule has 0 saturated carbocycles. The van der Waals surface area contributed by atoms with Gasteiger partial charge in [0.1, 0.15) is 5.69 Å². The van der Waals surface area contributed by atoms with Crippen LogP contribution in [0.15, 0.2) is 90.4 Å². The van der Waals surface area contributed by atoms with Crippen molar-refractivity contribution in [2.75, 3.05) is 51.3 Å². The molecule has 3 heterocycles. The number of benzene rings is 2. The summed E-state index contributed by atoms with van der Waals surface area (Å²) in [6, 6.07) is 26.7. The SMILES string of the molecule is O=C(Nc1nc(-c2ccccn2)cs1)N(CCC(c1ccccc1)c1ccccc1)CCN1CCOCC1. The zero-order valence-electron chi connectivity index (χ0n) is 21.4. The van der Waals surface area contributed by atoms with Crippen LogP contribution in [0.25, 0.3) is 11.4 Å². The van der Waals surface area contributed by atoms with Gasteiger partial charge in [0.15, 0.2) is 5.13 Å². The second-order valence-corrected chi connectivity index (χ2v) is 10.1. The van der Waals surface area contributed by atoms with Crippen molar-refractivity contribution in [3.63, 3.8) is 0 Å². The summed E-state index contributed by atoms with van der Waals surface area (Å²) in [5, 5.41) is 5.55. The van der Waals surface area contributed by atoms with E-state index >= 15 is 0 Å². The number of nitrogens with zero attached hydrogens (tertiary/aromatic N) is 4. The molecule has 2 aromatic heterocycles. The van der Waals surface area contributed by atoms with Gasteiger partial charge >= 0.3 is 6.03 Å². The van der Waals surface area contributed by atoms with E-state index in [1.807, 2.05) is 40.6 Å². The van der Waals surface area contributed by atoms with Crippen LogP contribution in [0.5, 0.6) is 0 Å². The van der Waals surface area contributed by atoms with Gasteiger partial charge in [-0.15, -0.1) is 11.3 Å². The maximum atomic E-state index is 13.5. The van der Waals surface area contributed by atoms with Gasteiger partial charge in [0.05, 0.1) is 18.9 Å². The highest BCUT2D eigenvalue weighted by Crippen LogP contribution is 2.28. The van der Waals surface area contributed by atoms with Crippen molar-refractivity contribution in [2.24, 2.45) is 0 Å². The Kier molecular flexibility index (Phi) is 9.10. The van der Waals surface area contributed by atoms with Crippen LogP contribution in [0.4, 0.5) is 9.93 Å². The molecule has 1 fully saturated rings. The minimum absolute atomic E-state index is 0.125. The van der Waals surface area contributed by atoms with E-state index in [0.717, 1.165) is 50.7 Å². The molecule has 1 aliphatic rings. The van der Waals surface area contributed by atoms with Crippen LogP contribution in [-0.2, 0) is 4.74 Å². The molecule has 1 saturated heterocycles. The van der Waals surface area contributed by atoms with E-state index in [0.29, 0.717) is 18.2 Å². The first-order valence-electron chi connectivity index (χ1n) is 13.1. The number of thiazole rings is 1. The second-order valence-electron chi connectivity index (χ2n) is 9.29. The van der Waals surface area contributed by atoms with Gasteiger partial charge in [0.2, 0.25) is 0 Å². The van der Waals surface area contributed by atoms with Gasteiger partial charge in [0, 0.05) is 50.2 Å². The minimum Gasteiger partial charge on any atom is -0.379 e. The van der Waals surface area contributed by atoms with E-state index in [1.54, 1.807) is 6.20 Å². The molecule has 0 unspecified atom stereocenters. The lowest BCUT2D eigenvalue weighted by Gasteiger charge is -2.31. The predicted octanol–water partition coefficient (Wildman–Crippen LogP) is 5.59. The zero-order valence-corrected chi connectivity index (χ0v) is 22.2. The highest BCUT2D eigenvalue weighted by atomic mass is 32.1. The number of ether oxygens (including phenoxy) is 1. The van der Waals surface area contributed by atoms with Gasteiger partial charge in [-0.1, -0.05) is 66.7 Å². The molecule has 1 aliphatic heterocycles. The lowest BCUT2D eigenvalue weighted by atomic mass is 9.88. The number of rotatable bonds is 10. The third-order valence-corrected chi connectivity index (χ3v) is 7.57. The topological polar surface area (TPSA) is 70.6 Å². The van der Waals surface area contributed by atoms with E-state index in [4.69, 9.17) is 4.74 Å². The number of aromatic nitrogens is 2. The number of anilines is 1. The lowest BCUT2D eigenvalue weighted by Crippen LogP contribution is -2.44. The molecule has 4 aromatic rings. The number of hydrogen-bond donors (Lipinski definition) is 1. The molecule has 0 spiro atoms. The number of amides is 2. The average Bonchev–Trinajstić information content (AvgIpc) is 3.45. The smallest absolute Gasteiger partial charge is 0.323 e. The van der Waals surface area contributed by atoms with E-state index in [-0.39, 0.29) is 11.9 Å². The Hall–Kier alpha value is -3.59. The molecule has 38 heavy (non-hydrogen) atoms.